The van der Waals surface area contributed by atoms with Gasteiger partial charge in [0.1, 0.15) is 12.6 Å². The molecule has 122 valence electrons. The third-order valence-corrected chi connectivity index (χ3v) is 3.53. The summed E-state index contributed by atoms with van der Waals surface area (Å²) >= 11 is 0. The lowest BCUT2D eigenvalue weighted by atomic mass is 10.1. The van der Waals surface area contributed by atoms with Gasteiger partial charge in [0.2, 0.25) is 0 Å². The highest BCUT2D eigenvalue weighted by atomic mass is 16.5. The fourth-order valence-corrected chi connectivity index (χ4v) is 2.29. The molecular formula is C18H16N2O4. The zero-order valence-electron chi connectivity index (χ0n) is 13.1. The van der Waals surface area contributed by atoms with E-state index in [4.69, 9.17) is 9.15 Å². The zero-order chi connectivity index (χ0) is 16.9. The fourth-order valence-electron chi connectivity index (χ4n) is 2.29. The first-order valence-electron chi connectivity index (χ1n) is 7.49. The molecule has 0 radical (unpaired) electrons. The molecule has 0 aliphatic rings. The van der Waals surface area contributed by atoms with Gasteiger partial charge >= 0.3 is 5.97 Å². The molecule has 0 fully saturated rings. The number of amides is 1. The molecule has 3 aromatic rings. The lowest BCUT2D eigenvalue weighted by Gasteiger charge is -2.13. The maximum Gasteiger partial charge on any atom is 0.328 e. The molecule has 0 saturated heterocycles. The van der Waals surface area contributed by atoms with Crippen LogP contribution in [0.1, 0.15) is 23.0 Å². The van der Waals surface area contributed by atoms with E-state index >= 15 is 0 Å². The van der Waals surface area contributed by atoms with E-state index in [2.05, 4.69) is 10.3 Å². The Morgan fingerprint density at radius 2 is 2.04 bits per heavy atom. The maximum absolute atomic E-state index is 12.1. The summed E-state index contributed by atoms with van der Waals surface area (Å²) in [7, 11) is 0. The summed E-state index contributed by atoms with van der Waals surface area (Å²) in [6.45, 7) is 1.65. The van der Waals surface area contributed by atoms with Crippen LogP contribution >= 0.6 is 0 Å². The predicted octanol–water partition coefficient (Wildman–Crippen LogP) is 2.69. The van der Waals surface area contributed by atoms with Crippen molar-refractivity contribution in [3.8, 4) is 0 Å². The SMILES string of the molecule is C[C@H](NC(=O)c1ccco1)C(=O)OCc1cccc2cccnc12. The first-order valence-corrected chi connectivity index (χ1v) is 7.49. The van der Waals surface area contributed by atoms with E-state index in [9.17, 15) is 9.59 Å². The number of benzene rings is 1. The van der Waals surface area contributed by atoms with Gasteiger partial charge in [-0.3, -0.25) is 9.78 Å². The Balaban J connectivity index is 1.61. The van der Waals surface area contributed by atoms with Crippen LogP contribution < -0.4 is 5.32 Å². The van der Waals surface area contributed by atoms with Gasteiger partial charge in [0.25, 0.3) is 5.91 Å². The number of hydrogen-bond acceptors (Lipinski definition) is 5. The van der Waals surface area contributed by atoms with Gasteiger partial charge in [-0.2, -0.15) is 0 Å². The quantitative estimate of drug-likeness (QED) is 0.730. The number of hydrogen-bond donors (Lipinski definition) is 1. The van der Waals surface area contributed by atoms with Crippen molar-refractivity contribution in [2.45, 2.75) is 19.6 Å². The van der Waals surface area contributed by atoms with Crippen LogP contribution in [0.15, 0.2) is 59.3 Å². The van der Waals surface area contributed by atoms with Gasteiger partial charge in [-0.15, -0.1) is 0 Å². The molecule has 0 spiro atoms. The largest absolute Gasteiger partial charge is 0.459 e. The van der Waals surface area contributed by atoms with Crippen molar-refractivity contribution in [3.05, 3.63) is 66.2 Å². The van der Waals surface area contributed by atoms with Crippen LogP contribution in [0.2, 0.25) is 0 Å². The number of ether oxygens (including phenoxy) is 1. The average Bonchev–Trinajstić information content (AvgIpc) is 3.14. The number of nitrogens with zero attached hydrogens (tertiary/aromatic N) is 1. The number of para-hydroxylation sites is 1. The van der Waals surface area contributed by atoms with Crippen LogP contribution in [0.5, 0.6) is 0 Å². The number of carbonyl (C=O) groups is 2. The second-order valence-corrected chi connectivity index (χ2v) is 5.27. The normalized spacial score (nSPS) is 11.9. The summed E-state index contributed by atoms with van der Waals surface area (Å²) in [4.78, 5) is 28.2. The summed E-state index contributed by atoms with van der Waals surface area (Å²) in [5.41, 5.74) is 1.60. The Hall–Kier alpha value is -3.15. The summed E-state index contributed by atoms with van der Waals surface area (Å²) in [6, 6.07) is 11.8. The molecule has 6 heteroatoms. The van der Waals surface area contributed by atoms with E-state index in [1.54, 1.807) is 19.2 Å². The highest BCUT2D eigenvalue weighted by molar-refractivity contribution is 5.94. The zero-order valence-corrected chi connectivity index (χ0v) is 13.1. The summed E-state index contributed by atoms with van der Waals surface area (Å²) < 4.78 is 10.3. The lowest BCUT2D eigenvalue weighted by Crippen LogP contribution is -2.39. The van der Waals surface area contributed by atoms with E-state index in [-0.39, 0.29) is 12.4 Å². The summed E-state index contributed by atoms with van der Waals surface area (Å²) in [6.07, 6.45) is 3.09. The van der Waals surface area contributed by atoms with Gasteiger partial charge in [0.15, 0.2) is 5.76 Å². The minimum Gasteiger partial charge on any atom is -0.459 e. The fraction of sp³-hybridized carbons (Fsp3) is 0.167. The molecule has 1 N–H and O–H groups in total. The predicted molar refractivity (Wildman–Crippen MR) is 87.2 cm³/mol. The Labute approximate surface area is 138 Å². The minimum atomic E-state index is -0.787. The van der Waals surface area contributed by atoms with Gasteiger partial charge in [0.05, 0.1) is 11.8 Å². The molecular weight excluding hydrogens is 308 g/mol. The third kappa shape index (κ3) is 3.43. The number of nitrogens with one attached hydrogen (secondary N) is 1. The average molecular weight is 324 g/mol. The molecule has 0 aliphatic heterocycles. The molecule has 3 rings (SSSR count). The van der Waals surface area contributed by atoms with Crippen LogP contribution in [0, 0.1) is 0 Å². The molecule has 0 saturated carbocycles. The van der Waals surface area contributed by atoms with Crippen molar-refractivity contribution in [2.24, 2.45) is 0 Å². The highest BCUT2D eigenvalue weighted by Gasteiger charge is 2.19. The van der Waals surface area contributed by atoms with E-state index < -0.39 is 17.9 Å². The van der Waals surface area contributed by atoms with Gasteiger partial charge < -0.3 is 14.5 Å². The van der Waals surface area contributed by atoms with E-state index in [0.29, 0.717) is 0 Å². The Morgan fingerprint density at radius 1 is 1.21 bits per heavy atom. The molecule has 6 nitrogen and oxygen atoms in total. The first kappa shape index (κ1) is 15.7. The van der Waals surface area contributed by atoms with E-state index in [1.165, 1.54) is 12.3 Å². The first-order chi connectivity index (χ1) is 11.6. The number of rotatable bonds is 5. The number of fused-ring (bicyclic) bond motifs is 1. The maximum atomic E-state index is 12.1. The summed E-state index contributed by atoms with van der Waals surface area (Å²) in [5, 5.41) is 3.51. The van der Waals surface area contributed by atoms with E-state index in [1.807, 2.05) is 30.3 Å². The monoisotopic (exact) mass is 324 g/mol. The molecule has 0 bridgehead atoms. The van der Waals surface area contributed by atoms with Gasteiger partial charge in [-0.25, -0.2) is 4.79 Å². The molecule has 2 heterocycles. The molecule has 2 aromatic heterocycles. The third-order valence-electron chi connectivity index (χ3n) is 3.53. The van der Waals surface area contributed by atoms with Gasteiger partial charge in [-0.1, -0.05) is 24.3 Å². The topological polar surface area (TPSA) is 81.4 Å². The van der Waals surface area contributed by atoms with Crippen molar-refractivity contribution < 1.29 is 18.7 Å². The van der Waals surface area contributed by atoms with Crippen LogP contribution in [0.4, 0.5) is 0 Å². The van der Waals surface area contributed by atoms with E-state index in [0.717, 1.165) is 16.5 Å². The second-order valence-electron chi connectivity index (χ2n) is 5.27. The number of furan rings is 1. The Morgan fingerprint density at radius 3 is 2.83 bits per heavy atom. The molecule has 1 aromatic carbocycles. The van der Waals surface area contributed by atoms with Crippen molar-refractivity contribution in [1.29, 1.82) is 0 Å². The van der Waals surface area contributed by atoms with Crippen molar-refractivity contribution in [2.75, 3.05) is 0 Å². The molecule has 0 aliphatic carbocycles. The smallest absolute Gasteiger partial charge is 0.328 e. The van der Waals surface area contributed by atoms with Crippen LogP contribution in [0.3, 0.4) is 0 Å². The van der Waals surface area contributed by atoms with Crippen molar-refractivity contribution in [1.82, 2.24) is 10.3 Å². The van der Waals surface area contributed by atoms with Crippen LogP contribution in [-0.2, 0) is 16.1 Å². The van der Waals surface area contributed by atoms with Crippen molar-refractivity contribution >= 4 is 22.8 Å². The van der Waals surface area contributed by atoms with Crippen molar-refractivity contribution in [3.63, 3.8) is 0 Å². The standard InChI is InChI=1S/C18H16N2O4/c1-12(20-17(21)15-8-4-10-23-15)18(22)24-11-14-6-2-5-13-7-3-9-19-16(13)14/h2-10,12H,11H2,1H3,(H,20,21)/t12-/m0/s1. The minimum absolute atomic E-state index is 0.0914. The number of carbonyl (C=O) groups excluding carboxylic acids is 2. The second kappa shape index (κ2) is 6.95. The Bertz CT molecular complexity index is 853. The highest BCUT2D eigenvalue weighted by Crippen LogP contribution is 2.16. The number of esters is 1. The number of aromatic nitrogens is 1. The lowest BCUT2D eigenvalue weighted by molar-refractivity contribution is -0.146. The number of pyridine rings is 1. The molecule has 0 unspecified atom stereocenters. The van der Waals surface area contributed by atoms with Crippen LogP contribution in [-0.4, -0.2) is 22.9 Å². The summed E-state index contributed by atoms with van der Waals surface area (Å²) in [5.74, 6) is -0.841. The van der Waals surface area contributed by atoms with Crippen LogP contribution in [0.25, 0.3) is 10.9 Å². The molecule has 1 atom stereocenters. The Kier molecular flexibility index (Phi) is 4.56. The molecule has 1 amide bonds. The van der Waals surface area contributed by atoms with Gasteiger partial charge in [0, 0.05) is 17.1 Å². The van der Waals surface area contributed by atoms with Gasteiger partial charge in [-0.05, 0) is 25.1 Å². The molecule has 24 heavy (non-hydrogen) atoms.